The van der Waals surface area contributed by atoms with E-state index >= 15 is 0 Å². The van der Waals surface area contributed by atoms with E-state index in [-0.39, 0.29) is 17.3 Å². The fourth-order valence-corrected chi connectivity index (χ4v) is 1.43. The second kappa shape index (κ2) is 7.44. The molecule has 0 bridgehead atoms. The van der Waals surface area contributed by atoms with Gasteiger partial charge in [0.05, 0.1) is 11.5 Å². The highest BCUT2D eigenvalue weighted by molar-refractivity contribution is 5.67. The van der Waals surface area contributed by atoms with Gasteiger partial charge in [-0.1, -0.05) is 0 Å². The normalized spacial score (nSPS) is 10.7. The Morgan fingerprint density at radius 3 is 2.89 bits per heavy atom. The van der Waals surface area contributed by atoms with Crippen LogP contribution in [0.2, 0.25) is 0 Å². The van der Waals surface area contributed by atoms with Gasteiger partial charge >= 0.3 is 5.69 Å². The summed E-state index contributed by atoms with van der Waals surface area (Å²) in [7, 11) is 3.57. The molecule has 0 saturated heterocycles. The molecule has 1 rings (SSSR count). The molecule has 0 aromatic carbocycles. The zero-order valence-corrected chi connectivity index (χ0v) is 11.0. The molecule has 0 unspecified atom stereocenters. The third-order valence-electron chi connectivity index (χ3n) is 2.50. The lowest BCUT2D eigenvalue weighted by Gasteiger charge is -2.16. The minimum atomic E-state index is -0.591. The van der Waals surface area contributed by atoms with Gasteiger partial charge in [-0.15, -0.1) is 0 Å². The molecule has 0 aliphatic rings. The molecule has 19 heavy (non-hydrogen) atoms. The molecule has 9 nitrogen and oxygen atoms in total. The Labute approximate surface area is 110 Å². The molecule has 0 amide bonds. The van der Waals surface area contributed by atoms with Crippen molar-refractivity contribution in [1.29, 1.82) is 0 Å². The highest BCUT2D eigenvalue weighted by Crippen LogP contribution is 2.25. The van der Waals surface area contributed by atoms with Crippen LogP contribution in [0.3, 0.4) is 0 Å². The first kappa shape index (κ1) is 15.1. The fraction of sp³-hybridized carbons (Fsp3) is 0.600. The van der Waals surface area contributed by atoms with Crippen molar-refractivity contribution >= 4 is 17.3 Å². The number of aromatic nitrogens is 2. The molecule has 1 aromatic rings. The number of anilines is 2. The van der Waals surface area contributed by atoms with E-state index in [1.807, 2.05) is 11.9 Å². The number of nitrogens with two attached hydrogens (primary N) is 1. The molecule has 9 heteroatoms. The molecule has 106 valence electrons. The lowest BCUT2D eigenvalue weighted by atomic mass is 10.4. The van der Waals surface area contributed by atoms with Crippen LogP contribution in [0.5, 0.6) is 0 Å². The Hall–Kier alpha value is -2.00. The van der Waals surface area contributed by atoms with Crippen molar-refractivity contribution in [3.8, 4) is 0 Å². The topological polar surface area (TPSA) is 119 Å². The van der Waals surface area contributed by atoms with Crippen LogP contribution in [0.15, 0.2) is 6.33 Å². The van der Waals surface area contributed by atoms with Crippen LogP contribution in [0, 0.1) is 10.1 Å². The highest BCUT2D eigenvalue weighted by Gasteiger charge is 2.20. The lowest BCUT2D eigenvalue weighted by Crippen LogP contribution is -2.28. The molecule has 0 saturated carbocycles. The van der Waals surface area contributed by atoms with E-state index < -0.39 is 4.92 Å². The number of rotatable bonds is 8. The average Bonchev–Trinajstić information content (AvgIpc) is 2.36. The summed E-state index contributed by atoms with van der Waals surface area (Å²) in [6.45, 7) is 2.63. The van der Waals surface area contributed by atoms with Gasteiger partial charge in [0.15, 0.2) is 0 Å². The van der Waals surface area contributed by atoms with Crippen LogP contribution in [-0.2, 0) is 4.74 Å². The number of nitrogens with zero attached hydrogens (tertiary/aromatic N) is 4. The van der Waals surface area contributed by atoms with E-state index in [1.165, 1.54) is 6.33 Å². The van der Waals surface area contributed by atoms with Crippen molar-refractivity contribution in [3.05, 3.63) is 16.4 Å². The average molecular weight is 270 g/mol. The molecule has 1 heterocycles. The van der Waals surface area contributed by atoms with Gasteiger partial charge in [-0.2, -0.15) is 0 Å². The van der Waals surface area contributed by atoms with Gasteiger partial charge in [0, 0.05) is 26.7 Å². The van der Waals surface area contributed by atoms with E-state index in [0.29, 0.717) is 19.7 Å². The van der Waals surface area contributed by atoms with Gasteiger partial charge in [0.2, 0.25) is 11.6 Å². The zero-order valence-electron chi connectivity index (χ0n) is 11.0. The first-order chi connectivity index (χ1) is 9.06. The SMILES string of the molecule is COCCN(C)CCNc1ncnc(N)c1[N+](=O)[O-]. The van der Waals surface area contributed by atoms with E-state index in [2.05, 4.69) is 15.3 Å². The summed E-state index contributed by atoms with van der Waals surface area (Å²) in [5.41, 5.74) is 5.17. The van der Waals surface area contributed by atoms with Crippen molar-refractivity contribution in [3.63, 3.8) is 0 Å². The van der Waals surface area contributed by atoms with Crippen LogP contribution in [0.1, 0.15) is 0 Å². The van der Waals surface area contributed by atoms with Crippen LogP contribution in [0.4, 0.5) is 17.3 Å². The molecular formula is C10H18N6O3. The van der Waals surface area contributed by atoms with Crippen molar-refractivity contribution in [2.45, 2.75) is 0 Å². The third kappa shape index (κ3) is 4.64. The zero-order chi connectivity index (χ0) is 14.3. The Bertz CT molecular complexity index is 428. The van der Waals surface area contributed by atoms with Gasteiger partial charge < -0.3 is 20.7 Å². The minimum absolute atomic E-state index is 0.137. The van der Waals surface area contributed by atoms with Crippen molar-refractivity contribution in [2.75, 3.05) is 51.4 Å². The molecule has 0 aliphatic carbocycles. The molecular weight excluding hydrogens is 252 g/mol. The number of hydrogen-bond acceptors (Lipinski definition) is 8. The van der Waals surface area contributed by atoms with E-state index in [4.69, 9.17) is 10.5 Å². The number of hydrogen-bond donors (Lipinski definition) is 2. The van der Waals surface area contributed by atoms with E-state index in [9.17, 15) is 10.1 Å². The molecule has 3 N–H and O–H groups in total. The number of ether oxygens (including phenoxy) is 1. The summed E-state index contributed by atoms with van der Waals surface area (Å²) < 4.78 is 4.95. The number of methoxy groups -OCH3 is 1. The van der Waals surface area contributed by atoms with Crippen LogP contribution in [0.25, 0.3) is 0 Å². The Balaban J connectivity index is 2.54. The first-order valence-corrected chi connectivity index (χ1v) is 5.72. The lowest BCUT2D eigenvalue weighted by molar-refractivity contribution is -0.383. The number of nitro groups is 1. The smallest absolute Gasteiger partial charge is 0.352 e. The summed E-state index contributed by atoms with van der Waals surface area (Å²) in [5, 5.41) is 13.7. The summed E-state index contributed by atoms with van der Waals surface area (Å²) in [5.74, 6) is -0.00659. The maximum Gasteiger partial charge on any atom is 0.352 e. The highest BCUT2D eigenvalue weighted by atomic mass is 16.6. The third-order valence-corrected chi connectivity index (χ3v) is 2.50. The maximum atomic E-state index is 10.9. The Morgan fingerprint density at radius 2 is 2.26 bits per heavy atom. The van der Waals surface area contributed by atoms with Crippen LogP contribution < -0.4 is 11.1 Å². The Morgan fingerprint density at radius 1 is 1.53 bits per heavy atom. The van der Waals surface area contributed by atoms with Crippen LogP contribution >= 0.6 is 0 Å². The molecule has 0 fully saturated rings. The van der Waals surface area contributed by atoms with Gasteiger partial charge in [-0.05, 0) is 7.05 Å². The predicted molar refractivity (Wildman–Crippen MR) is 71.0 cm³/mol. The van der Waals surface area contributed by atoms with Crippen LogP contribution in [-0.4, -0.2) is 60.2 Å². The molecule has 0 radical (unpaired) electrons. The summed E-state index contributed by atoms with van der Waals surface area (Å²) in [6, 6.07) is 0. The quantitative estimate of drug-likeness (QED) is 0.498. The fourth-order valence-electron chi connectivity index (χ4n) is 1.43. The summed E-state index contributed by atoms with van der Waals surface area (Å²) >= 11 is 0. The van der Waals surface area contributed by atoms with Gasteiger partial charge in [-0.3, -0.25) is 10.1 Å². The second-order valence-electron chi connectivity index (χ2n) is 3.94. The van der Waals surface area contributed by atoms with Crippen molar-refractivity contribution in [1.82, 2.24) is 14.9 Å². The minimum Gasteiger partial charge on any atom is -0.383 e. The molecule has 0 spiro atoms. The van der Waals surface area contributed by atoms with Crippen molar-refractivity contribution in [2.24, 2.45) is 0 Å². The van der Waals surface area contributed by atoms with E-state index in [1.54, 1.807) is 7.11 Å². The molecule has 0 atom stereocenters. The number of likely N-dealkylation sites (N-methyl/N-ethyl adjacent to an activating group) is 1. The van der Waals surface area contributed by atoms with Gasteiger partial charge in [0.1, 0.15) is 6.33 Å². The summed E-state index contributed by atoms with van der Waals surface area (Å²) in [6.07, 6.45) is 1.19. The molecule has 0 aliphatic heterocycles. The van der Waals surface area contributed by atoms with Crippen molar-refractivity contribution < 1.29 is 9.66 Å². The second-order valence-corrected chi connectivity index (χ2v) is 3.94. The first-order valence-electron chi connectivity index (χ1n) is 5.72. The van der Waals surface area contributed by atoms with Gasteiger partial charge in [-0.25, -0.2) is 9.97 Å². The molecule has 1 aromatic heterocycles. The maximum absolute atomic E-state index is 10.9. The number of nitrogen functional groups attached to an aromatic ring is 1. The number of nitrogens with one attached hydrogen (secondary N) is 1. The summed E-state index contributed by atoms with van der Waals surface area (Å²) in [4.78, 5) is 19.7. The monoisotopic (exact) mass is 270 g/mol. The van der Waals surface area contributed by atoms with Gasteiger partial charge in [0.25, 0.3) is 0 Å². The van der Waals surface area contributed by atoms with E-state index in [0.717, 1.165) is 6.54 Å². The predicted octanol–water partition coefficient (Wildman–Crippen LogP) is -0.0429. The standard InChI is InChI=1S/C10H18N6O3/c1-15(5-6-19-2)4-3-12-10-8(16(17)18)9(11)13-7-14-10/h7H,3-6H2,1-2H3,(H3,11,12,13,14). The Kier molecular flexibility index (Phi) is 5.90. The largest absolute Gasteiger partial charge is 0.383 e.